The highest BCUT2D eigenvalue weighted by atomic mass is 15.1. The average molecular weight is 230 g/mol. The molecule has 1 unspecified atom stereocenters. The summed E-state index contributed by atoms with van der Waals surface area (Å²) < 4.78 is 2.15. The second-order valence-electron chi connectivity index (χ2n) is 3.85. The van der Waals surface area contributed by atoms with E-state index in [0.29, 0.717) is 0 Å². The van der Waals surface area contributed by atoms with Gasteiger partial charge in [-0.15, -0.1) is 0 Å². The molecule has 0 aromatic carbocycles. The van der Waals surface area contributed by atoms with Crippen molar-refractivity contribution in [1.29, 1.82) is 0 Å². The molecular formula is C13H18N4. The number of rotatable bonds is 5. The van der Waals surface area contributed by atoms with Crippen LogP contribution in [0, 0.1) is 0 Å². The van der Waals surface area contributed by atoms with E-state index in [1.54, 1.807) is 6.20 Å². The van der Waals surface area contributed by atoms with E-state index >= 15 is 0 Å². The second kappa shape index (κ2) is 5.59. The first-order valence-electron chi connectivity index (χ1n) is 6.01. The van der Waals surface area contributed by atoms with Crippen molar-refractivity contribution >= 4 is 0 Å². The van der Waals surface area contributed by atoms with Crippen molar-refractivity contribution in [2.24, 2.45) is 0 Å². The Kier molecular flexibility index (Phi) is 3.88. The Morgan fingerprint density at radius 1 is 1.35 bits per heavy atom. The van der Waals surface area contributed by atoms with Gasteiger partial charge in [0, 0.05) is 31.3 Å². The van der Waals surface area contributed by atoms with E-state index < -0.39 is 0 Å². The molecule has 0 saturated carbocycles. The fourth-order valence-corrected chi connectivity index (χ4v) is 1.96. The van der Waals surface area contributed by atoms with Crippen LogP contribution in [0.25, 0.3) is 0 Å². The molecule has 2 rings (SSSR count). The van der Waals surface area contributed by atoms with Crippen molar-refractivity contribution in [2.45, 2.75) is 26.4 Å². The minimum atomic E-state index is 0.114. The van der Waals surface area contributed by atoms with Crippen LogP contribution in [0.1, 0.15) is 31.3 Å². The topological polar surface area (TPSA) is 42.7 Å². The Morgan fingerprint density at radius 2 is 2.24 bits per heavy atom. The standard InChI is InChI=1S/C13H18N4/c1-3-15-12(11-6-5-7-14-10-11)13-16-8-9-17(13)4-2/h5-10,12,15H,3-4H2,1-2H3. The van der Waals surface area contributed by atoms with E-state index in [2.05, 4.69) is 39.8 Å². The predicted octanol–water partition coefficient (Wildman–Crippen LogP) is 2.00. The largest absolute Gasteiger partial charge is 0.334 e. The molecule has 0 spiro atoms. The summed E-state index contributed by atoms with van der Waals surface area (Å²) in [4.78, 5) is 8.63. The van der Waals surface area contributed by atoms with Gasteiger partial charge in [-0.05, 0) is 25.1 Å². The summed E-state index contributed by atoms with van der Waals surface area (Å²) in [5.41, 5.74) is 1.15. The average Bonchev–Trinajstić information content (AvgIpc) is 2.85. The highest BCUT2D eigenvalue weighted by molar-refractivity contribution is 5.22. The number of hydrogen-bond donors (Lipinski definition) is 1. The van der Waals surface area contributed by atoms with Gasteiger partial charge in [0.05, 0.1) is 6.04 Å². The lowest BCUT2D eigenvalue weighted by Gasteiger charge is -2.18. The zero-order valence-corrected chi connectivity index (χ0v) is 10.3. The number of nitrogens with one attached hydrogen (secondary N) is 1. The summed E-state index contributed by atoms with van der Waals surface area (Å²) in [5, 5.41) is 3.45. The molecule has 2 heterocycles. The summed E-state index contributed by atoms with van der Waals surface area (Å²) in [6.07, 6.45) is 7.54. The van der Waals surface area contributed by atoms with Crippen LogP contribution in [-0.2, 0) is 6.54 Å². The van der Waals surface area contributed by atoms with E-state index in [4.69, 9.17) is 0 Å². The highest BCUT2D eigenvalue weighted by Gasteiger charge is 2.17. The Hall–Kier alpha value is -1.68. The van der Waals surface area contributed by atoms with Gasteiger partial charge in [-0.25, -0.2) is 4.98 Å². The molecule has 0 radical (unpaired) electrons. The van der Waals surface area contributed by atoms with Crippen molar-refractivity contribution in [3.63, 3.8) is 0 Å². The van der Waals surface area contributed by atoms with Crippen LogP contribution in [0.15, 0.2) is 36.9 Å². The molecule has 4 nitrogen and oxygen atoms in total. The maximum Gasteiger partial charge on any atom is 0.130 e. The van der Waals surface area contributed by atoms with Gasteiger partial charge in [0.25, 0.3) is 0 Å². The summed E-state index contributed by atoms with van der Waals surface area (Å²) >= 11 is 0. The number of aromatic nitrogens is 3. The van der Waals surface area contributed by atoms with Crippen molar-refractivity contribution < 1.29 is 0 Å². The van der Waals surface area contributed by atoms with Crippen molar-refractivity contribution in [3.05, 3.63) is 48.3 Å². The first-order chi connectivity index (χ1) is 8.36. The smallest absolute Gasteiger partial charge is 0.130 e. The van der Waals surface area contributed by atoms with Crippen LogP contribution in [-0.4, -0.2) is 21.1 Å². The molecular weight excluding hydrogens is 212 g/mol. The number of imidazole rings is 1. The van der Waals surface area contributed by atoms with Gasteiger partial charge < -0.3 is 9.88 Å². The molecule has 2 aromatic heterocycles. The number of nitrogens with zero attached hydrogens (tertiary/aromatic N) is 3. The molecule has 4 heteroatoms. The molecule has 0 aliphatic rings. The molecule has 0 saturated heterocycles. The van der Waals surface area contributed by atoms with Gasteiger partial charge in [0.15, 0.2) is 0 Å². The summed E-state index contributed by atoms with van der Waals surface area (Å²) in [7, 11) is 0. The number of hydrogen-bond acceptors (Lipinski definition) is 3. The molecule has 0 bridgehead atoms. The van der Waals surface area contributed by atoms with Gasteiger partial charge in [-0.2, -0.15) is 0 Å². The van der Waals surface area contributed by atoms with Crippen LogP contribution in [0.4, 0.5) is 0 Å². The van der Waals surface area contributed by atoms with Crippen LogP contribution >= 0.6 is 0 Å². The minimum Gasteiger partial charge on any atom is -0.334 e. The number of aryl methyl sites for hydroxylation is 1. The Morgan fingerprint density at radius 3 is 2.88 bits per heavy atom. The molecule has 17 heavy (non-hydrogen) atoms. The van der Waals surface area contributed by atoms with Crippen LogP contribution < -0.4 is 5.32 Å². The van der Waals surface area contributed by atoms with Crippen molar-refractivity contribution in [3.8, 4) is 0 Å². The Bertz CT molecular complexity index is 449. The lowest BCUT2D eigenvalue weighted by molar-refractivity contribution is 0.558. The second-order valence-corrected chi connectivity index (χ2v) is 3.85. The van der Waals surface area contributed by atoms with E-state index in [1.165, 1.54) is 0 Å². The maximum atomic E-state index is 4.46. The van der Waals surface area contributed by atoms with Gasteiger partial charge in [0.1, 0.15) is 5.82 Å². The Balaban J connectivity index is 2.36. The lowest BCUT2D eigenvalue weighted by atomic mass is 10.1. The quantitative estimate of drug-likeness (QED) is 0.854. The normalized spacial score (nSPS) is 12.6. The fourth-order valence-electron chi connectivity index (χ4n) is 1.96. The molecule has 1 atom stereocenters. The molecule has 0 amide bonds. The van der Waals surface area contributed by atoms with Crippen molar-refractivity contribution in [2.75, 3.05) is 6.54 Å². The molecule has 0 aliphatic carbocycles. The zero-order chi connectivity index (χ0) is 12.1. The van der Waals surface area contributed by atoms with Crippen LogP contribution in [0.3, 0.4) is 0 Å². The molecule has 0 aliphatic heterocycles. The van der Waals surface area contributed by atoms with E-state index in [-0.39, 0.29) is 6.04 Å². The van der Waals surface area contributed by atoms with E-state index in [0.717, 1.165) is 24.5 Å². The summed E-state index contributed by atoms with van der Waals surface area (Å²) in [5.74, 6) is 1.04. The third kappa shape index (κ3) is 2.53. The fraction of sp³-hybridized carbons (Fsp3) is 0.385. The van der Waals surface area contributed by atoms with Gasteiger partial charge in [-0.1, -0.05) is 13.0 Å². The Labute approximate surface area is 102 Å². The first kappa shape index (κ1) is 11.8. The maximum absolute atomic E-state index is 4.46. The third-order valence-electron chi connectivity index (χ3n) is 2.77. The number of pyridine rings is 1. The minimum absolute atomic E-state index is 0.114. The van der Waals surface area contributed by atoms with Gasteiger partial charge in [-0.3, -0.25) is 4.98 Å². The summed E-state index contributed by atoms with van der Waals surface area (Å²) in [6, 6.07) is 4.15. The molecule has 90 valence electrons. The summed E-state index contributed by atoms with van der Waals surface area (Å²) in [6.45, 7) is 6.05. The first-order valence-corrected chi connectivity index (χ1v) is 6.01. The molecule has 1 N–H and O–H groups in total. The molecule has 2 aromatic rings. The third-order valence-corrected chi connectivity index (χ3v) is 2.77. The highest BCUT2D eigenvalue weighted by Crippen LogP contribution is 2.19. The van der Waals surface area contributed by atoms with Crippen LogP contribution in [0.2, 0.25) is 0 Å². The van der Waals surface area contributed by atoms with Crippen LogP contribution in [0.5, 0.6) is 0 Å². The lowest BCUT2D eigenvalue weighted by Crippen LogP contribution is -2.25. The zero-order valence-electron chi connectivity index (χ0n) is 10.3. The van der Waals surface area contributed by atoms with Crippen molar-refractivity contribution in [1.82, 2.24) is 19.9 Å². The van der Waals surface area contributed by atoms with Gasteiger partial charge >= 0.3 is 0 Å². The predicted molar refractivity (Wildman–Crippen MR) is 67.7 cm³/mol. The SMILES string of the molecule is CCNC(c1cccnc1)c1nccn1CC. The van der Waals surface area contributed by atoms with E-state index in [9.17, 15) is 0 Å². The van der Waals surface area contributed by atoms with Gasteiger partial charge in [0.2, 0.25) is 0 Å². The van der Waals surface area contributed by atoms with E-state index in [1.807, 2.05) is 24.7 Å². The monoisotopic (exact) mass is 230 g/mol. The molecule has 0 fully saturated rings.